The maximum atomic E-state index is 14.4. The van der Waals surface area contributed by atoms with Crippen LogP contribution in [0.5, 0.6) is 0 Å². The highest BCUT2D eigenvalue weighted by molar-refractivity contribution is 6.29. The van der Waals surface area contributed by atoms with Crippen molar-refractivity contribution in [2.24, 2.45) is 0 Å². The highest BCUT2D eigenvalue weighted by atomic mass is 35.5. The Kier molecular flexibility index (Phi) is 5.18. The second kappa shape index (κ2) is 8.16. The molecule has 32 heavy (non-hydrogen) atoms. The van der Waals surface area contributed by atoms with Crippen LogP contribution in [0, 0.1) is 11.6 Å². The van der Waals surface area contributed by atoms with Crippen LogP contribution in [0.15, 0.2) is 54.9 Å². The third-order valence-electron chi connectivity index (χ3n) is 5.41. The largest absolute Gasteiger partial charge is 0.349 e. The number of carbonyl (C=O) groups excluding carboxylic acids is 1. The number of nitrogens with zero attached hydrogens (tertiary/aromatic N) is 5. The maximum absolute atomic E-state index is 14.4. The molecule has 0 saturated carbocycles. The van der Waals surface area contributed by atoms with Gasteiger partial charge < -0.3 is 10.2 Å². The summed E-state index contributed by atoms with van der Waals surface area (Å²) in [6.07, 6.45) is 4.69. The van der Waals surface area contributed by atoms with Crippen molar-refractivity contribution in [2.75, 3.05) is 16.8 Å². The molecule has 0 radical (unpaired) electrons. The molecule has 1 aromatic carbocycles. The van der Waals surface area contributed by atoms with Crippen molar-refractivity contribution in [3.05, 3.63) is 82.9 Å². The number of benzene rings is 1. The molecular formula is C22H17ClF2N6O. The Labute approximate surface area is 186 Å². The van der Waals surface area contributed by atoms with Gasteiger partial charge in [-0.05, 0) is 49.2 Å². The van der Waals surface area contributed by atoms with Crippen LogP contribution in [-0.4, -0.2) is 32.0 Å². The van der Waals surface area contributed by atoms with Crippen LogP contribution in [0.3, 0.4) is 0 Å². The Morgan fingerprint density at radius 3 is 2.88 bits per heavy atom. The van der Waals surface area contributed by atoms with Crippen LogP contribution >= 0.6 is 11.6 Å². The molecule has 1 aliphatic heterocycles. The molecule has 0 bridgehead atoms. The van der Waals surface area contributed by atoms with E-state index < -0.39 is 17.5 Å². The predicted molar refractivity (Wildman–Crippen MR) is 116 cm³/mol. The smallest absolute Gasteiger partial charge is 0.274 e. The molecule has 5 rings (SSSR count). The summed E-state index contributed by atoms with van der Waals surface area (Å²) in [5.74, 6) is -0.793. The Morgan fingerprint density at radius 1 is 1.16 bits per heavy atom. The number of amides is 1. The van der Waals surface area contributed by atoms with Gasteiger partial charge >= 0.3 is 0 Å². The Bertz CT molecular complexity index is 1330. The van der Waals surface area contributed by atoms with Crippen LogP contribution in [0.1, 0.15) is 34.9 Å². The Hall–Kier alpha value is -3.59. The van der Waals surface area contributed by atoms with Gasteiger partial charge in [-0.2, -0.15) is 5.10 Å². The molecule has 4 heterocycles. The highest BCUT2D eigenvalue weighted by Gasteiger charge is 2.30. The molecule has 1 aliphatic rings. The van der Waals surface area contributed by atoms with Gasteiger partial charge in [0.1, 0.15) is 34.0 Å². The maximum Gasteiger partial charge on any atom is 0.274 e. The number of rotatable bonds is 4. The average molecular weight is 455 g/mol. The lowest BCUT2D eigenvalue weighted by atomic mass is 10.0. The molecular weight excluding hydrogens is 438 g/mol. The first-order valence-electron chi connectivity index (χ1n) is 9.99. The number of fused-ring (bicyclic) bond motifs is 1. The number of pyridine rings is 1. The first-order valence-corrected chi connectivity index (χ1v) is 10.4. The summed E-state index contributed by atoms with van der Waals surface area (Å²) in [4.78, 5) is 23.2. The first kappa shape index (κ1) is 20.3. The van der Waals surface area contributed by atoms with Crippen molar-refractivity contribution >= 4 is 34.7 Å². The zero-order chi connectivity index (χ0) is 22.2. The van der Waals surface area contributed by atoms with Gasteiger partial charge in [0.25, 0.3) is 5.91 Å². The molecule has 3 aromatic heterocycles. The van der Waals surface area contributed by atoms with E-state index in [2.05, 4.69) is 20.4 Å². The molecule has 4 aromatic rings. The summed E-state index contributed by atoms with van der Waals surface area (Å²) in [5.41, 5.74) is 1.28. The summed E-state index contributed by atoms with van der Waals surface area (Å²) in [5, 5.41) is 7.18. The molecule has 1 N–H and O–H groups in total. The molecule has 0 aliphatic carbocycles. The van der Waals surface area contributed by atoms with Crippen LogP contribution in [-0.2, 0) is 0 Å². The van der Waals surface area contributed by atoms with Crippen molar-refractivity contribution in [3.8, 4) is 0 Å². The van der Waals surface area contributed by atoms with E-state index in [1.807, 2.05) is 4.90 Å². The van der Waals surface area contributed by atoms with E-state index in [-0.39, 0.29) is 16.9 Å². The monoisotopic (exact) mass is 454 g/mol. The lowest BCUT2D eigenvalue weighted by Gasteiger charge is -2.26. The van der Waals surface area contributed by atoms with Gasteiger partial charge in [0.05, 0.1) is 12.2 Å². The number of carbonyl (C=O) groups is 1. The van der Waals surface area contributed by atoms with Crippen molar-refractivity contribution < 1.29 is 13.6 Å². The number of nitrogens with one attached hydrogen (secondary N) is 1. The summed E-state index contributed by atoms with van der Waals surface area (Å²) >= 11 is 5.87. The zero-order valence-corrected chi connectivity index (χ0v) is 17.4. The SMILES string of the molecule is O=C(Nc1cnn2ccc(N3CCCC3c3cc(F)ccc3F)nc12)c1cccc(Cl)n1. The van der Waals surface area contributed by atoms with E-state index in [0.29, 0.717) is 35.7 Å². The summed E-state index contributed by atoms with van der Waals surface area (Å²) in [7, 11) is 0. The Morgan fingerprint density at radius 2 is 2.03 bits per heavy atom. The van der Waals surface area contributed by atoms with Gasteiger partial charge in [-0.15, -0.1) is 0 Å². The fraction of sp³-hybridized carbons (Fsp3) is 0.182. The summed E-state index contributed by atoms with van der Waals surface area (Å²) in [6, 6.07) is 9.68. The average Bonchev–Trinajstić information content (AvgIpc) is 3.42. The molecule has 1 atom stereocenters. The number of anilines is 2. The molecule has 1 fully saturated rings. The number of aromatic nitrogens is 4. The van der Waals surface area contributed by atoms with Gasteiger partial charge in [-0.3, -0.25) is 4.79 Å². The molecule has 0 spiro atoms. The van der Waals surface area contributed by atoms with Crippen LogP contribution < -0.4 is 10.2 Å². The van der Waals surface area contributed by atoms with Gasteiger partial charge in [-0.25, -0.2) is 23.3 Å². The molecule has 162 valence electrons. The van der Waals surface area contributed by atoms with Gasteiger partial charge in [0.2, 0.25) is 0 Å². The minimum atomic E-state index is -0.480. The van der Waals surface area contributed by atoms with Crippen molar-refractivity contribution in [2.45, 2.75) is 18.9 Å². The zero-order valence-electron chi connectivity index (χ0n) is 16.7. The van der Waals surface area contributed by atoms with Crippen molar-refractivity contribution in [1.82, 2.24) is 19.6 Å². The number of halogens is 3. The molecule has 7 nitrogen and oxygen atoms in total. The van der Waals surface area contributed by atoms with E-state index in [4.69, 9.17) is 11.6 Å². The minimum absolute atomic E-state index is 0.161. The fourth-order valence-electron chi connectivity index (χ4n) is 3.96. The third-order valence-corrected chi connectivity index (χ3v) is 5.62. The van der Waals surface area contributed by atoms with E-state index in [9.17, 15) is 13.6 Å². The van der Waals surface area contributed by atoms with Crippen LogP contribution in [0.25, 0.3) is 5.65 Å². The first-order chi connectivity index (χ1) is 15.5. The lowest BCUT2D eigenvalue weighted by Crippen LogP contribution is -2.24. The highest BCUT2D eigenvalue weighted by Crippen LogP contribution is 2.37. The van der Waals surface area contributed by atoms with E-state index in [1.165, 1.54) is 16.8 Å². The van der Waals surface area contributed by atoms with E-state index in [1.54, 1.807) is 30.5 Å². The second-order valence-electron chi connectivity index (χ2n) is 7.43. The molecule has 1 saturated heterocycles. The minimum Gasteiger partial charge on any atom is -0.349 e. The fourth-order valence-corrected chi connectivity index (χ4v) is 4.13. The normalized spacial score (nSPS) is 16.0. The van der Waals surface area contributed by atoms with Gasteiger partial charge in [0, 0.05) is 18.3 Å². The van der Waals surface area contributed by atoms with E-state index in [0.717, 1.165) is 18.6 Å². The summed E-state index contributed by atoms with van der Waals surface area (Å²) in [6.45, 7) is 0.645. The molecule has 1 amide bonds. The topological polar surface area (TPSA) is 75.4 Å². The standard InChI is InChI=1S/C22H17ClF2N6O/c23-19-5-1-3-16(27-19)22(32)28-17-12-26-31-10-8-20(29-21(17)31)30-9-2-4-18(30)14-11-13(24)6-7-15(14)25/h1,3,5-8,10-12,18H,2,4,9H2,(H,28,32). The predicted octanol–water partition coefficient (Wildman–Crippen LogP) is 4.65. The third kappa shape index (κ3) is 3.75. The number of hydrogen-bond acceptors (Lipinski definition) is 5. The van der Waals surface area contributed by atoms with Crippen molar-refractivity contribution in [1.29, 1.82) is 0 Å². The number of hydrogen-bond donors (Lipinski definition) is 1. The van der Waals surface area contributed by atoms with Crippen LogP contribution in [0.4, 0.5) is 20.3 Å². The second-order valence-corrected chi connectivity index (χ2v) is 7.82. The van der Waals surface area contributed by atoms with E-state index >= 15 is 0 Å². The van der Waals surface area contributed by atoms with Gasteiger partial charge in [0.15, 0.2) is 5.65 Å². The van der Waals surface area contributed by atoms with Gasteiger partial charge in [-0.1, -0.05) is 17.7 Å². The molecule has 1 unspecified atom stereocenters. The summed E-state index contributed by atoms with van der Waals surface area (Å²) < 4.78 is 29.7. The van der Waals surface area contributed by atoms with Crippen molar-refractivity contribution in [3.63, 3.8) is 0 Å². The lowest BCUT2D eigenvalue weighted by molar-refractivity contribution is 0.102. The van der Waals surface area contributed by atoms with Crippen LogP contribution in [0.2, 0.25) is 5.15 Å². The Balaban J connectivity index is 1.47. The molecule has 10 heteroatoms. The quantitative estimate of drug-likeness (QED) is 0.454.